The molecule has 0 bridgehead atoms. The maximum Gasteiger partial charge on any atom is 0.256 e. The van der Waals surface area contributed by atoms with E-state index in [4.69, 9.17) is 0 Å². The fourth-order valence-corrected chi connectivity index (χ4v) is 2.08. The molecule has 0 aliphatic rings. The first kappa shape index (κ1) is 13.1. The average molecular weight is 277 g/mol. The van der Waals surface area contributed by atoms with Gasteiger partial charge in [-0.3, -0.25) is 4.79 Å². The van der Waals surface area contributed by atoms with Crippen LogP contribution in [0.15, 0.2) is 67.1 Å². The Morgan fingerprint density at radius 2 is 1.81 bits per heavy atom. The molecule has 3 rings (SSSR count). The van der Waals surface area contributed by atoms with E-state index in [0.717, 1.165) is 11.3 Å². The number of pyridine rings is 1. The standard InChI is InChI=1S/C17H15N3O/c1-13-8-9-18-16(12-13)19-17(21)14-4-6-15(7-5-14)20-10-2-3-11-20/h2-12H,1H3,(H,18,19,21). The van der Waals surface area contributed by atoms with Crippen LogP contribution in [0.5, 0.6) is 0 Å². The van der Waals surface area contributed by atoms with Gasteiger partial charge in [0.25, 0.3) is 5.91 Å². The van der Waals surface area contributed by atoms with Crippen molar-refractivity contribution in [2.75, 3.05) is 5.32 Å². The van der Waals surface area contributed by atoms with E-state index in [1.165, 1.54) is 0 Å². The van der Waals surface area contributed by atoms with Crippen molar-refractivity contribution in [1.82, 2.24) is 9.55 Å². The highest BCUT2D eigenvalue weighted by atomic mass is 16.1. The molecule has 0 radical (unpaired) electrons. The van der Waals surface area contributed by atoms with Crippen molar-refractivity contribution < 1.29 is 4.79 Å². The van der Waals surface area contributed by atoms with Crippen molar-refractivity contribution in [3.8, 4) is 5.69 Å². The first-order chi connectivity index (χ1) is 10.2. The number of rotatable bonds is 3. The summed E-state index contributed by atoms with van der Waals surface area (Å²) in [6.07, 6.45) is 5.61. The largest absolute Gasteiger partial charge is 0.324 e. The van der Waals surface area contributed by atoms with E-state index in [0.29, 0.717) is 11.4 Å². The molecular formula is C17H15N3O. The number of aromatic nitrogens is 2. The molecule has 2 aromatic heterocycles. The monoisotopic (exact) mass is 277 g/mol. The van der Waals surface area contributed by atoms with E-state index in [2.05, 4.69) is 10.3 Å². The predicted molar refractivity (Wildman–Crippen MR) is 82.7 cm³/mol. The van der Waals surface area contributed by atoms with Crippen LogP contribution in [-0.2, 0) is 0 Å². The molecule has 0 unspecified atom stereocenters. The lowest BCUT2D eigenvalue weighted by Gasteiger charge is -2.07. The zero-order chi connectivity index (χ0) is 14.7. The second-order valence-electron chi connectivity index (χ2n) is 4.81. The van der Waals surface area contributed by atoms with E-state index < -0.39 is 0 Å². The van der Waals surface area contributed by atoms with Crippen LogP contribution in [0.2, 0.25) is 0 Å². The molecule has 21 heavy (non-hydrogen) atoms. The van der Waals surface area contributed by atoms with E-state index in [-0.39, 0.29) is 5.91 Å². The number of hydrogen-bond donors (Lipinski definition) is 1. The number of carbonyl (C=O) groups excluding carboxylic acids is 1. The maximum atomic E-state index is 12.2. The van der Waals surface area contributed by atoms with Gasteiger partial charge in [-0.05, 0) is 61.0 Å². The molecule has 0 saturated carbocycles. The summed E-state index contributed by atoms with van der Waals surface area (Å²) in [5.41, 5.74) is 2.68. The number of nitrogens with one attached hydrogen (secondary N) is 1. The van der Waals surface area contributed by atoms with Gasteiger partial charge in [0.05, 0.1) is 0 Å². The fourth-order valence-electron chi connectivity index (χ4n) is 2.08. The van der Waals surface area contributed by atoms with Crippen LogP contribution in [-0.4, -0.2) is 15.5 Å². The van der Waals surface area contributed by atoms with Crippen molar-refractivity contribution in [1.29, 1.82) is 0 Å². The van der Waals surface area contributed by atoms with Crippen LogP contribution in [0.3, 0.4) is 0 Å². The molecule has 0 spiro atoms. The van der Waals surface area contributed by atoms with Crippen molar-refractivity contribution >= 4 is 11.7 Å². The third kappa shape index (κ3) is 3.00. The van der Waals surface area contributed by atoms with Crippen LogP contribution in [0.4, 0.5) is 5.82 Å². The van der Waals surface area contributed by atoms with Gasteiger partial charge in [0.2, 0.25) is 0 Å². The summed E-state index contributed by atoms with van der Waals surface area (Å²) in [4.78, 5) is 16.3. The molecule has 0 saturated heterocycles. The topological polar surface area (TPSA) is 46.9 Å². The molecule has 1 amide bonds. The normalized spacial score (nSPS) is 10.3. The fraction of sp³-hybridized carbons (Fsp3) is 0.0588. The molecule has 104 valence electrons. The molecular weight excluding hydrogens is 262 g/mol. The van der Waals surface area contributed by atoms with Gasteiger partial charge in [-0.2, -0.15) is 0 Å². The molecule has 1 N–H and O–H groups in total. The number of benzene rings is 1. The Hall–Kier alpha value is -2.88. The first-order valence-corrected chi connectivity index (χ1v) is 6.70. The van der Waals surface area contributed by atoms with Crippen molar-refractivity contribution in [2.45, 2.75) is 6.92 Å². The van der Waals surface area contributed by atoms with Gasteiger partial charge in [0.15, 0.2) is 0 Å². The Kier molecular flexibility index (Phi) is 3.51. The van der Waals surface area contributed by atoms with Gasteiger partial charge in [-0.15, -0.1) is 0 Å². The molecule has 2 heterocycles. The first-order valence-electron chi connectivity index (χ1n) is 6.70. The summed E-state index contributed by atoms with van der Waals surface area (Å²) >= 11 is 0. The third-order valence-corrected chi connectivity index (χ3v) is 3.19. The number of anilines is 1. The van der Waals surface area contributed by atoms with Crippen molar-refractivity contribution in [3.63, 3.8) is 0 Å². The minimum Gasteiger partial charge on any atom is -0.324 e. The van der Waals surface area contributed by atoms with Gasteiger partial charge < -0.3 is 9.88 Å². The van der Waals surface area contributed by atoms with Crippen molar-refractivity contribution in [2.24, 2.45) is 0 Å². The Balaban J connectivity index is 1.76. The molecule has 0 aliphatic heterocycles. The molecule has 0 aliphatic carbocycles. The number of aryl methyl sites for hydroxylation is 1. The van der Waals surface area contributed by atoms with Gasteiger partial charge in [-0.25, -0.2) is 4.98 Å². The Morgan fingerprint density at radius 1 is 1.10 bits per heavy atom. The van der Waals surface area contributed by atoms with Crippen LogP contribution >= 0.6 is 0 Å². The number of hydrogen-bond acceptors (Lipinski definition) is 2. The van der Waals surface area contributed by atoms with E-state index in [1.807, 2.05) is 60.3 Å². The van der Waals surface area contributed by atoms with Crippen LogP contribution < -0.4 is 5.32 Å². The summed E-state index contributed by atoms with van der Waals surface area (Å²) in [6, 6.07) is 15.1. The number of carbonyl (C=O) groups is 1. The summed E-state index contributed by atoms with van der Waals surface area (Å²) in [5, 5.41) is 2.80. The van der Waals surface area contributed by atoms with E-state index in [9.17, 15) is 4.79 Å². The zero-order valence-electron chi connectivity index (χ0n) is 11.7. The minimum absolute atomic E-state index is 0.160. The molecule has 0 fully saturated rings. The smallest absolute Gasteiger partial charge is 0.256 e. The quantitative estimate of drug-likeness (QED) is 0.797. The number of nitrogens with zero attached hydrogens (tertiary/aromatic N) is 2. The second-order valence-corrected chi connectivity index (χ2v) is 4.81. The number of amides is 1. The SMILES string of the molecule is Cc1ccnc(NC(=O)c2ccc(-n3cccc3)cc2)c1. The van der Waals surface area contributed by atoms with Crippen LogP contribution in [0.25, 0.3) is 5.69 Å². The Morgan fingerprint density at radius 3 is 2.48 bits per heavy atom. The second kappa shape index (κ2) is 5.63. The molecule has 4 heteroatoms. The highest BCUT2D eigenvalue weighted by Gasteiger charge is 2.07. The molecule has 1 aromatic carbocycles. The minimum atomic E-state index is -0.160. The van der Waals surface area contributed by atoms with Gasteiger partial charge >= 0.3 is 0 Å². The molecule has 0 atom stereocenters. The van der Waals surface area contributed by atoms with Crippen molar-refractivity contribution in [3.05, 3.63) is 78.2 Å². The Labute approximate surface area is 123 Å². The van der Waals surface area contributed by atoms with Crippen LogP contribution in [0.1, 0.15) is 15.9 Å². The lowest BCUT2D eigenvalue weighted by Crippen LogP contribution is -2.13. The summed E-state index contributed by atoms with van der Waals surface area (Å²) in [5.74, 6) is 0.404. The van der Waals surface area contributed by atoms with Gasteiger partial charge in [-0.1, -0.05) is 0 Å². The van der Waals surface area contributed by atoms with Gasteiger partial charge in [0.1, 0.15) is 5.82 Å². The summed E-state index contributed by atoms with van der Waals surface area (Å²) < 4.78 is 1.99. The predicted octanol–water partition coefficient (Wildman–Crippen LogP) is 3.43. The average Bonchev–Trinajstić information content (AvgIpc) is 3.01. The van der Waals surface area contributed by atoms with E-state index >= 15 is 0 Å². The van der Waals surface area contributed by atoms with Crippen LogP contribution in [0, 0.1) is 6.92 Å². The molecule has 3 aromatic rings. The summed E-state index contributed by atoms with van der Waals surface area (Å²) in [6.45, 7) is 1.96. The Bertz CT molecular complexity index is 746. The highest BCUT2D eigenvalue weighted by Crippen LogP contribution is 2.12. The molecule has 4 nitrogen and oxygen atoms in total. The zero-order valence-corrected chi connectivity index (χ0v) is 11.7. The van der Waals surface area contributed by atoms with E-state index in [1.54, 1.807) is 18.3 Å². The maximum absolute atomic E-state index is 12.2. The third-order valence-electron chi connectivity index (χ3n) is 3.19. The lowest BCUT2D eigenvalue weighted by molar-refractivity contribution is 0.102. The van der Waals surface area contributed by atoms with Gasteiger partial charge in [0, 0.05) is 29.8 Å². The summed E-state index contributed by atoms with van der Waals surface area (Å²) in [7, 11) is 0. The highest BCUT2D eigenvalue weighted by molar-refractivity contribution is 6.03. The lowest BCUT2D eigenvalue weighted by atomic mass is 10.2.